The lowest BCUT2D eigenvalue weighted by molar-refractivity contribution is -0.386. The van der Waals surface area contributed by atoms with Crippen LogP contribution in [0.15, 0.2) is 58.9 Å². The van der Waals surface area contributed by atoms with Crippen LogP contribution in [0.4, 0.5) is 5.69 Å². The zero-order valence-electron chi connectivity index (χ0n) is 21.7. The molecule has 2 atom stereocenters. The lowest BCUT2D eigenvalue weighted by Crippen LogP contribution is -2.36. The minimum absolute atomic E-state index is 0.135. The molecule has 2 aliphatic rings. The highest BCUT2D eigenvalue weighted by molar-refractivity contribution is 6.04. The van der Waals surface area contributed by atoms with Crippen molar-refractivity contribution >= 4 is 17.4 Å². The first-order chi connectivity index (χ1) is 18.2. The van der Waals surface area contributed by atoms with Crippen LogP contribution >= 0.6 is 0 Å². The van der Waals surface area contributed by atoms with E-state index in [2.05, 4.69) is 5.32 Å². The number of rotatable bonds is 8. The minimum Gasteiger partial charge on any atom is -0.500 e. The fraction of sp³-hybridized carbons (Fsp3) is 0.357. The van der Waals surface area contributed by atoms with Crippen LogP contribution in [0.1, 0.15) is 56.1 Å². The lowest BCUT2D eigenvalue weighted by atomic mass is 9.71. The number of benzene rings is 2. The molecule has 0 bridgehead atoms. The molecule has 10 nitrogen and oxygen atoms in total. The standard InChI is InChI=1S/C28H30N2O8/c1-5-10-38-28(33)24-15(2)29-19-11-16(18-8-6-7-9-22(18)36-3)13-21(31)26(19)25(24)17-12-20(30(34)35)27(32)23(14-17)37-4/h6-9,12,14,16,25,29,32H,5,10-11,13H2,1-4H3/t16-,25+/m0/s1. The molecule has 1 aliphatic heterocycles. The van der Waals surface area contributed by atoms with Gasteiger partial charge in [-0.3, -0.25) is 14.9 Å². The summed E-state index contributed by atoms with van der Waals surface area (Å²) in [6.45, 7) is 3.75. The second-order valence-electron chi connectivity index (χ2n) is 9.24. The first kappa shape index (κ1) is 26.7. The number of methoxy groups -OCH3 is 2. The Kier molecular flexibility index (Phi) is 7.70. The maximum atomic E-state index is 13.8. The highest BCUT2D eigenvalue weighted by atomic mass is 16.6. The number of nitro benzene ring substituents is 1. The number of ketones is 1. The van der Waals surface area contributed by atoms with Crippen molar-refractivity contribution in [3.05, 3.63) is 80.2 Å². The third-order valence-corrected chi connectivity index (χ3v) is 6.89. The van der Waals surface area contributed by atoms with E-state index in [0.29, 0.717) is 35.6 Å². The van der Waals surface area contributed by atoms with Gasteiger partial charge in [0.1, 0.15) is 5.75 Å². The molecule has 0 spiro atoms. The normalized spacial score (nSPS) is 19.0. The van der Waals surface area contributed by atoms with Gasteiger partial charge in [0.25, 0.3) is 0 Å². The van der Waals surface area contributed by atoms with Crippen LogP contribution in [-0.4, -0.2) is 42.6 Å². The number of carbonyl (C=O) groups is 2. The molecule has 2 aromatic rings. The van der Waals surface area contributed by atoms with Crippen LogP contribution in [0.5, 0.6) is 17.2 Å². The van der Waals surface area contributed by atoms with Gasteiger partial charge < -0.3 is 24.6 Å². The van der Waals surface area contributed by atoms with Gasteiger partial charge >= 0.3 is 11.7 Å². The molecule has 1 heterocycles. The van der Waals surface area contributed by atoms with Gasteiger partial charge in [-0.25, -0.2) is 4.79 Å². The summed E-state index contributed by atoms with van der Waals surface area (Å²) in [5.41, 5.74) is 2.21. The number of aromatic hydroxyl groups is 1. The number of Topliss-reactive ketones (excluding diaryl/α,β-unsaturated/α-hetero) is 1. The number of phenolic OH excluding ortho intramolecular Hbond substituents is 1. The summed E-state index contributed by atoms with van der Waals surface area (Å²) >= 11 is 0. The van der Waals surface area contributed by atoms with Crippen molar-refractivity contribution in [1.82, 2.24) is 5.32 Å². The number of nitrogens with zero attached hydrogens (tertiary/aromatic N) is 1. The number of dihydropyridines is 1. The summed E-state index contributed by atoms with van der Waals surface area (Å²) in [7, 11) is 2.85. The smallest absolute Gasteiger partial charge is 0.336 e. The number of hydrogen-bond donors (Lipinski definition) is 2. The number of nitro groups is 1. The van der Waals surface area contributed by atoms with Crippen LogP contribution in [0, 0.1) is 10.1 Å². The fourth-order valence-electron chi connectivity index (χ4n) is 5.21. The molecule has 0 amide bonds. The van der Waals surface area contributed by atoms with E-state index >= 15 is 0 Å². The molecule has 10 heteroatoms. The van der Waals surface area contributed by atoms with Crippen molar-refractivity contribution in [2.75, 3.05) is 20.8 Å². The van der Waals surface area contributed by atoms with Gasteiger partial charge in [-0.2, -0.15) is 0 Å². The maximum absolute atomic E-state index is 13.8. The van der Waals surface area contributed by atoms with E-state index in [4.69, 9.17) is 14.2 Å². The quantitative estimate of drug-likeness (QED) is 0.289. The zero-order chi connectivity index (χ0) is 27.6. The van der Waals surface area contributed by atoms with E-state index < -0.39 is 28.2 Å². The van der Waals surface area contributed by atoms with E-state index in [1.165, 1.54) is 19.2 Å². The SMILES string of the molecule is CCCOC(=O)C1=C(C)NC2=C(C(=O)C[C@@H](c3ccccc3OC)C2)[C@@H]1c1cc(OC)c(O)c([N+](=O)[O-])c1. The summed E-state index contributed by atoms with van der Waals surface area (Å²) in [6.07, 6.45) is 1.22. The Morgan fingerprint density at radius 2 is 1.87 bits per heavy atom. The zero-order valence-corrected chi connectivity index (χ0v) is 21.7. The van der Waals surface area contributed by atoms with Gasteiger partial charge in [-0.1, -0.05) is 25.1 Å². The average molecular weight is 523 g/mol. The summed E-state index contributed by atoms with van der Waals surface area (Å²) in [5, 5.41) is 25.3. The maximum Gasteiger partial charge on any atom is 0.336 e. The third-order valence-electron chi connectivity index (χ3n) is 6.89. The Morgan fingerprint density at radius 1 is 1.16 bits per heavy atom. The predicted octanol–water partition coefficient (Wildman–Crippen LogP) is 4.63. The number of allylic oxidation sites excluding steroid dienone is 3. The molecule has 0 saturated heterocycles. The van der Waals surface area contributed by atoms with Gasteiger partial charge in [0.15, 0.2) is 11.5 Å². The van der Waals surface area contributed by atoms with Crippen LogP contribution in [0.3, 0.4) is 0 Å². The van der Waals surface area contributed by atoms with Gasteiger partial charge in [0.2, 0.25) is 5.75 Å². The second kappa shape index (κ2) is 11.0. The molecule has 2 N–H and O–H groups in total. The molecular weight excluding hydrogens is 492 g/mol. The summed E-state index contributed by atoms with van der Waals surface area (Å²) in [4.78, 5) is 38.1. The van der Waals surface area contributed by atoms with Crippen LogP contribution < -0.4 is 14.8 Å². The summed E-state index contributed by atoms with van der Waals surface area (Å²) in [6, 6.07) is 10.1. The van der Waals surface area contributed by atoms with Gasteiger partial charge in [-0.05, 0) is 43.0 Å². The third kappa shape index (κ3) is 4.81. The van der Waals surface area contributed by atoms with E-state index in [0.717, 1.165) is 5.56 Å². The van der Waals surface area contributed by atoms with Gasteiger partial charge in [0, 0.05) is 41.3 Å². The number of esters is 1. The first-order valence-corrected chi connectivity index (χ1v) is 12.3. The highest BCUT2D eigenvalue weighted by Crippen LogP contribution is 2.49. The molecule has 38 heavy (non-hydrogen) atoms. The topological polar surface area (TPSA) is 137 Å². The largest absolute Gasteiger partial charge is 0.500 e. The van der Waals surface area contributed by atoms with Gasteiger partial charge in [-0.15, -0.1) is 0 Å². The monoisotopic (exact) mass is 522 g/mol. The summed E-state index contributed by atoms with van der Waals surface area (Å²) < 4.78 is 16.2. The van der Waals surface area contributed by atoms with Crippen molar-refractivity contribution in [1.29, 1.82) is 0 Å². The van der Waals surface area contributed by atoms with E-state index in [-0.39, 0.29) is 41.6 Å². The van der Waals surface area contributed by atoms with Crippen molar-refractivity contribution in [2.24, 2.45) is 0 Å². The molecule has 0 fully saturated rings. The number of phenols is 1. The molecule has 0 aromatic heterocycles. The Hall–Kier alpha value is -4.34. The summed E-state index contributed by atoms with van der Waals surface area (Å²) in [5.74, 6) is -2.04. The lowest BCUT2D eigenvalue weighted by Gasteiger charge is -2.37. The van der Waals surface area contributed by atoms with Crippen LogP contribution in [0.2, 0.25) is 0 Å². The minimum atomic E-state index is -0.949. The number of para-hydroxylation sites is 1. The Labute approximate surface area is 220 Å². The number of ether oxygens (including phenoxy) is 3. The van der Waals surface area contributed by atoms with Crippen molar-refractivity contribution in [2.45, 2.75) is 44.9 Å². The van der Waals surface area contributed by atoms with Crippen molar-refractivity contribution < 1.29 is 33.8 Å². The first-order valence-electron chi connectivity index (χ1n) is 12.3. The predicted molar refractivity (Wildman–Crippen MR) is 138 cm³/mol. The fourth-order valence-corrected chi connectivity index (χ4v) is 5.21. The number of carbonyl (C=O) groups excluding carboxylic acids is 2. The molecule has 0 unspecified atom stereocenters. The van der Waals surface area contributed by atoms with Crippen molar-refractivity contribution in [3.8, 4) is 17.2 Å². The molecule has 2 aromatic carbocycles. The molecule has 0 saturated carbocycles. The van der Waals surface area contributed by atoms with Crippen LogP contribution in [-0.2, 0) is 14.3 Å². The van der Waals surface area contributed by atoms with E-state index in [1.807, 2.05) is 31.2 Å². The molecular formula is C28H30N2O8. The number of nitrogens with one attached hydrogen (secondary N) is 1. The Morgan fingerprint density at radius 3 is 2.53 bits per heavy atom. The molecule has 1 aliphatic carbocycles. The Balaban J connectivity index is 1.89. The molecule has 4 rings (SSSR count). The Bertz CT molecular complexity index is 1360. The van der Waals surface area contributed by atoms with E-state index in [1.54, 1.807) is 14.0 Å². The highest BCUT2D eigenvalue weighted by Gasteiger charge is 2.42. The second-order valence-corrected chi connectivity index (χ2v) is 9.24. The molecule has 0 radical (unpaired) electrons. The van der Waals surface area contributed by atoms with E-state index in [9.17, 15) is 24.8 Å². The molecule has 200 valence electrons. The van der Waals surface area contributed by atoms with Crippen molar-refractivity contribution in [3.63, 3.8) is 0 Å². The van der Waals surface area contributed by atoms with Gasteiger partial charge in [0.05, 0.1) is 31.3 Å². The van der Waals surface area contributed by atoms with Crippen LogP contribution in [0.25, 0.3) is 0 Å². The number of hydrogen-bond acceptors (Lipinski definition) is 9. The average Bonchev–Trinajstić information content (AvgIpc) is 2.90.